The van der Waals surface area contributed by atoms with Gasteiger partial charge in [0, 0.05) is 7.11 Å². The third-order valence-corrected chi connectivity index (χ3v) is 2.37. The van der Waals surface area contributed by atoms with Gasteiger partial charge in [0.2, 0.25) is 0 Å². The zero-order valence-corrected chi connectivity index (χ0v) is 9.55. The number of aromatic nitrogens is 2. The second-order valence-electron chi connectivity index (χ2n) is 3.48. The fourth-order valence-corrected chi connectivity index (χ4v) is 1.66. The summed E-state index contributed by atoms with van der Waals surface area (Å²) in [5.41, 5.74) is 0. The van der Waals surface area contributed by atoms with Crippen LogP contribution in [-0.4, -0.2) is 23.8 Å². The molecule has 15 heavy (non-hydrogen) atoms. The molecule has 0 amide bonds. The van der Waals surface area contributed by atoms with Crippen LogP contribution in [0.3, 0.4) is 0 Å². The molecule has 5 nitrogen and oxygen atoms in total. The molecule has 0 spiro atoms. The summed E-state index contributed by atoms with van der Waals surface area (Å²) >= 11 is 0. The van der Waals surface area contributed by atoms with Gasteiger partial charge < -0.3 is 14.6 Å². The van der Waals surface area contributed by atoms with Crippen LogP contribution in [0.5, 0.6) is 0 Å². The van der Waals surface area contributed by atoms with E-state index in [0.29, 0.717) is 12.5 Å². The van der Waals surface area contributed by atoms with E-state index in [2.05, 4.69) is 15.5 Å². The van der Waals surface area contributed by atoms with Gasteiger partial charge in [-0.15, -0.1) is 12.4 Å². The highest BCUT2D eigenvalue weighted by molar-refractivity contribution is 5.85. The minimum absolute atomic E-state index is 0. The van der Waals surface area contributed by atoms with Crippen molar-refractivity contribution in [2.24, 2.45) is 0 Å². The molecule has 6 heteroatoms. The van der Waals surface area contributed by atoms with Gasteiger partial charge in [0.15, 0.2) is 5.82 Å². The molecule has 0 aromatic carbocycles. The number of methoxy groups -OCH3 is 1. The zero-order valence-electron chi connectivity index (χ0n) is 8.73. The first kappa shape index (κ1) is 12.4. The molecule has 86 valence electrons. The molecule has 1 aliphatic heterocycles. The first-order valence-electron chi connectivity index (χ1n) is 4.95. The number of hydrogen-bond donors (Lipinski definition) is 1. The second kappa shape index (κ2) is 6.05. The summed E-state index contributed by atoms with van der Waals surface area (Å²) in [4.78, 5) is 4.26. The Morgan fingerprint density at radius 2 is 2.40 bits per heavy atom. The van der Waals surface area contributed by atoms with Gasteiger partial charge in [-0.1, -0.05) is 11.6 Å². The van der Waals surface area contributed by atoms with Gasteiger partial charge in [0.25, 0.3) is 5.89 Å². The average molecular weight is 234 g/mol. The van der Waals surface area contributed by atoms with Gasteiger partial charge in [-0.25, -0.2) is 0 Å². The van der Waals surface area contributed by atoms with E-state index in [-0.39, 0.29) is 18.4 Å². The Morgan fingerprint density at radius 1 is 1.53 bits per heavy atom. The van der Waals surface area contributed by atoms with Crippen molar-refractivity contribution < 1.29 is 9.26 Å². The lowest BCUT2D eigenvalue weighted by Crippen LogP contribution is -2.27. The van der Waals surface area contributed by atoms with Crippen LogP contribution in [0, 0.1) is 0 Å². The maximum absolute atomic E-state index is 5.03. The van der Waals surface area contributed by atoms with Crippen molar-refractivity contribution in [3.8, 4) is 0 Å². The maximum Gasteiger partial charge on any atom is 0.252 e. The third kappa shape index (κ3) is 3.15. The highest BCUT2D eigenvalue weighted by Gasteiger charge is 2.19. The standard InChI is InChI=1S/C9H15N3O2.ClH/c1-13-6-8-11-9(12-14-8)7-4-2-3-5-10-7;/h7,10H,2-6H2,1H3;1H. The molecule has 2 heterocycles. The maximum atomic E-state index is 5.03. The molecule has 0 saturated carbocycles. The SMILES string of the molecule is COCc1nc(C2CCCCN2)no1.Cl. The van der Waals surface area contributed by atoms with Gasteiger partial charge >= 0.3 is 0 Å². The summed E-state index contributed by atoms with van der Waals surface area (Å²) < 4.78 is 9.94. The van der Waals surface area contributed by atoms with Crippen molar-refractivity contribution in [2.75, 3.05) is 13.7 Å². The fraction of sp³-hybridized carbons (Fsp3) is 0.778. The quantitative estimate of drug-likeness (QED) is 0.857. The van der Waals surface area contributed by atoms with E-state index in [1.807, 2.05) is 0 Å². The molecule has 1 aromatic rings. The Labute approximate surface area is 95.0 Å². The molecule has 1 fully saturated rings. The monoisotopic (exact) mass is 233 g/mol. The van der Waals surface area contributed by atoms with E-state index in [9.17, 15) is 0 Å². The van der Waals surface area contributed by atoms with Crippen LogP contribution in [0.1, 0.15) is 37.0 Å². The van der Waals surface area contributed by atoms with Crippen molar-refractivity contribution in [3.63, 3.8) is 0 Å². The van der Waals surface area contributed by atoms with E-state index in [1.165, 1.54) is 12.8 Å². The summed E-state index contributed by atoms with van der Waals surface area (Å²) in [5.74, 6) is 1.31. The number of nitrogens with one attached hydrogen (secondary N) is 1. The Morgan fingerprint density at radius 3 is 3.07 bits per heavy atom. The van der Waals surface area contributed by atoms with E-state index >= 15 is 0 Å². The smallest absolute Gasteiger partial charge is 0.252 e. The molecule has 1 atom stereocenters. The van der Waals surface area contributed by atoms with Crippen molar-refractivity contribution in [1.82, 2.24) is 15.5 Å². The van der Waals surface area contributed by atoms with Gasteiger partial charge in [-0.3, -0.25) is 0 Å². The first-order chi connectivity index (χ1) is 6.90. The van der Waals surface area contributed by atoms with Crippen molar-refractivity contribution in [3.05, 3.63) is 11.7 Å². The zero-order chi connectivity index (χ0) is 9.80. The van der Waals surface area contributed by atoms with Gasteiger partial charge in [0.1, 0.15) is 6.61 Å². The molecular weight excluding hydrogens is 218 g/mol. The summed E-state index contributed by atoms with van der Waals surface area (Å²) in [6.07, 6.45) is 3.55. The highest BCUT2D eigenvalue weighted by Crippen LogP contribution is 2.20. The van der Waals surface area contributed by atoms with Crippen LogP contribution < -0.4 is 5.32 Å². The van der Waals surface area contributed by atoms with E-state index in [1.54, 1.807) is 7.11 Å². The van der Waals surface area contributed by atoms with Crippen LogP contribution >= 0.6 is 12.4 Å². The lowest BCUT2D eigenvalue weighted by Gasteiger charge is -2.19. The molecule has 1 saturated heterocycles. The minimum atomic E-state index is 0. The lowest BCUT2D eigenvalue weighted by molar-refractivity contribution is 0.151. The lowest BCUT2D eigenvalue weighted by atomic mass is 10.0. The molecular formula is C9H16ClN3O2. The normalized spacial score (nSPS) is 21.0. The number of halogens is 1. The Balaban J connectivity index is 0.00000112. The van der Waals surface area contributed by atoms with Crippen LogP contribution in [0.15, 0.2) is 4.52 Å². The van der Waals surface area contributed by atoms with Gasteiger partial charge in [-0.05, 0) is 19.4 Å². The minimum Gasteiger partial charge on any atom is -0.375 e. The Hall–Kier alpha value is -0.650. The van der Waals surface area contributed by atoms with Gasteiger partial charge in [0.05, 0.1) is 6.04 Å². The highest BCUT2D eigenvalue weighted by atomic mass is 35.5. The number of hydrogen-bond acceptors (Lipinski definition) is 5. The van der Waals surface area contributed by atoms with Crippen molar-refractivity contribution >= 4 is 12.4 Å². The first-order valence-corrected chi connectivity index (χ1v) is 4.95. The predicted molar refractivity (Wildman–Crippen MR) is 56.9 cm³/mol. The third-order valence-electron chi connectivity index (χ3n) is 2.37. The van der Waals surface area contributed by atoms with Gasteiger partial charge in [-0.2, -0.15) is 4.98 Å². The number of ether oxygens (including phenoxy) is 1. The summed E-state index contributed by atoms with van der Waals surface area (Å²) in [6, 6.07) is 0.262. The van der Waals surface area contributed by atoms with E-state index < -0.39 is 0 Å². The summed E-state index contributed by atoms with van der Waals surface area (Å²) in [6.45, 7) is 1.43. The second-order valence-corrected chi connectivity index (χ2v) is 3.48. The van der Waals surface area contributed by atoms with E-state index in [4.69, 9.17) is 9.26 Å². The number of rotatable bonds is 3. The Bertz CT molecular complexity index is 287. The van der Waals surface area contributed by atoms with Crippen molar-refractivity contribution in [1.29, 1.82) is 0 Å². The predicted octanol–water partition coefficient (Wildman–Crippen LogP) is 1.45. The fourth-order valence-electron chi connectivity index (χ4n) is 1.66. The molecule has 1 aliphatic rings. The Kier molecular flexibility index (Phi) is 5.01. The molecule has 0 bridgehead atoms. The molecule has 0 radical (unpaired) electrons. The van der Waals surface area contributed by atoms with E-state index in [0.717, 1.165) is 18.8 Å². The summed E-state index contributed by atoms with van der Waals surface area (Å²) in [7, 11) is 1.61. The summed E-state index contributed by atoms with van der Waals surface area (Å²) in [5, 5.41) is 7.29. The largest absolute Gasteiger partial charge is 0.375 e. The number of nitrogens with zero attached hydrogens (tertiary/aromatic N) is 2. The van der Waals surface area contributed by atoms with Crippen LogP contribution in [-0.2, 0) is 11.3 Å². The average Bonchev–Trinajstić information content (AvgIpc) is 2.68. The molecule has 2 rings (SSSR count). The van der Waals surface area contributed by atoms with Crippen molar-refractivity contribution in [2.45, 2.75) is 31.9 Å². The molecule has 1 N–H and O–H groups in total. The van der Waals surface area contributed by atoms with Crippen LogP contribution in [0.25, 0.3) is 0 Å². The topological polar surface area (TPSA) is 60.2 Å². The number of piperidine rings is 1. The molecule has 0 aliphatic carbocycles. The molecule has 1 unspecified atom stereocenters. The molecule has 1 aromatic heterocycles. The van der Waals surface area contributed by atoms with Crippen LogP contribution in [0.2, 0.25) is 0 Å². The van der Waals surface area contributed by atoms with Crippen LogP contribution in [0.4, 0.5) is 0 Å².